The number of benzene rings is 4. The zero-order chi connectivity index (χ0) is 32.3. The lowest BCUT2D eigenvalue weighted by molar-refractivity contribution is -0.384. The third-order valence-corrected chi connectivity index (χ3v) is 7.99. The van der Waals surface area contributed by atoms with Gasteiger partial charge in [-0.2, -0.15) is 0 Å². The second-order valence-corrected chi connectivity index (χ2v) is 11.3. The number of amides is 3. The fourth-order valence-electron chi connectivity index (χ4n) is 4.12. The summed E-state index contributed by atoms with van der Waals surface area (Å²) in [6.07, 6.45) is 1.95. The second kappa shape index (κ2) is 15.6. The van der Waals surface area contributed by atoms with Gasteiger partial charge in [-0.15, -0.1) is 11.8 Å². The van der Waals surface area contributed by atoms with Gasteiger partial charge in [0.2, 0.25) is 5.91 Å². The number of thioether (sulfide) groups is 1. The van der Waals surface area contributed by atoms with Gasteiger partial charge in [-0.1, -0.05) is 42.8 Å². The Morgan fingerprint density at radius 3 is 2.36 bits per heavy atom. The van der Waals surface area contributed by atoms with E-state index in [1.165, 1.54) is 49.2 Å². The number of nitro groups is 1. The molecule has 0 radical (unpaired) electrons. The smallest absolute Gasteiger partial charge is 0.272 e. The van der Waals surface area contributed by atoms with Gasteiger partial charge in [0.25, 0.3) is 17.5 Å². The Hall–Kier alpha value is -5.13. The molecule has 4 aromatic rings. The minimum atomic E-state index is -0.613. The Kier molecular flexibility index (Phi) is 11.3. The second-order valence-electron chi connectivity index (χ2n) is 9.56. The van der Waals surface area contributed by atoms with Crippen LogP contribution < -0.4 is 20.7 Å². The van der Waals surface area contributed by atoms with Gasteiger partial charge in [0, 0.05) is 33.3 Å². The van der Waals surface area contributed by atoms with Gasteiger partial charge in [0.15, 0.2) is 0 Å². The highest BCUT2D eigenvalue weighted by Crippen LogP contribution is 2.32. The van der Waals surface area contributed by atoms with Crippen molar-refractivity contribution in [2.45, 2.75) is 23.5 Å². The van der Waals surface area contributed by atoms with Crippen molar-refractivity contribution < 1.29 is 24.0 Å². The van der Waals surface area contributed by atoms with Crippen LogP contribution in [0.1, 0.15) is 29.3 Å². The van der Waals surface area contributed by atoms with E-state index in [1.54, 1.807) is 66.7 Å². The van der Waals surface area contributed by atoms with Crippen LogP contribution in [0.2, 0.25) is 5.02 Å². The molecule has 4 aromatic carbocycles. The molecule has 1 atom stereocenters. The van der Waals surface area contributed by atoms with Gasteiger partial charge in [-0.25, -0.2) is 0 Å². The third kappa shape index (κ3) is 9.18. The number of ether oxygens (including phenoxy) is 1. The highest BCUT2D eigenvalue weighted by atomic mass is 35.5. The molecule has 3 N–H and O–H groups in total. The molecule has 0 fully saturated rings. The van der Waals surface area contributed by atoms with Crippen LogP contribution in [-0.2, 0) is 9.59 Å². The Bertz CT molecular complexity index is 1730. The summed E-state index contributed by atoms with van der Waals surface area (Å²) in [4.78, 5) is 50.8. The first-order chi connectivity index (χ1) is 21.7. The number of nitro benzene ring substituents is 1. The van der Waals surface area contributed by atoms with Crippen LogP contribution >= 0.6 is 23.4 Å². The zero-order valence-corrected chi connectivity index (χ0v) is 25.9. The normalized spacial score (nSPS) is 11.7. The molecule has 45 heavy (non-hydrogen) atoms. The molecule has 12 heteroatoms. The quantitative estimate of drug-likeness (QED) is 0.0642. The first-order valence-corrected chi connectivity index (χ1v) is 15.0. The number of nitrogens with zero attached hydrogens (tertiary/aromatic N) is 1. The maximum atomic E-state index is 13.5. The molecular formula is C33H29ClN4O6S. The lowest BCUT2D eigenvalue weighted by Gasteiger charge is -2.17. The standard InChI is InChI=1S/C33H29ClN4O6S/c1-3-30(33(41)36-27-19-23(34)14-17-29(27)44-2)45-26-11-7-10-24(20-26)35-32(40)28(37-31(39)22-8-5-4-6-9-22)18-21-12-15-25(16-13-21)38(42)43/h4-20,30H,3H2,1-2H3,(H,35,40)(H,36,41)(H,37,39)/b28-18+. The Morgan fingerprint density at radius 2 is 1.69 bits per heavy atom. The van der Waals surface area contributed by atoms with Crippen molar-refractivity contribution in [2.24, 2.45) is 0 Å². The predicted molar refractivity (Wildman–Crippen MR) is 177 cm³/mol. The average Bonchev–Trinajstić information content (AvgIpc) is 3.04. The number of carbonyl (C=O) groups is 3. The molecule has 230 valence electrons. The first kappa shape index (κ1) is 32.8. The molecule has 0 aromatic heterocycles. The largest absolute Gasteiger partial charge is 0.495 e. The zero-order valence-electron chi connectivity index (χ0n) is 24.3. The van der Waals surface area contributed by atoms with E-state index in [9.17, 15) is 24.5 Å². The Morgan fingerprint density at radius 1 is 0.956 bits per heavy atom. The van der Waals surface area contributed by atoms with Crippen molar-refractivity contribution in [3.05, 3.63) is 129 Å². The molecule has 0 aliphatic rings. The number of methoxy groups -OCH3 is 1. The highest BCUT2D eigenvalue weighted by molar-refractivity contribution is 8.00. The molecule has 0 spiro atoms. The van der Waals surface area contributed by atoms with Gasteiger partial charge >= 0.3 is 0 Å². The van der Waals surface area contributed by atoms with Gasteiger partial charge in [-0.05, 0) is 78.7 Å². The lowest BCUT2D eigenvalue weighted by Crippen LogP contribution is -2.30. The van der Waals surface area contributed by atoms with E-state index in [4.69, 9.17) is 16.3 Å². The fraction of sp³-hybridized carbons (Fsp3) is 0.121. The van der Waals surface area contributed by atoms with Crippen molar-refractivity contribution in [2.75, 3.05) is 17.7 Å². The van der Waals surface area contributed by atoms with Gasteiger partial charge < -0.3 is 20.7 Å². The Labute approximate surface area is 269 Å². The molecule has 1 unspecified atom stereocenters. The molecule has 10 nitrogen and oxygen atoms in total. The molecule has 0 heterocycles. The van der Waals surface area contributed by atoms with Crippen molar-refractivity contribution >= 4 is 64.2 Å². The molecule has 0 aliphatic carbocycles. The van der Waals surface area contributed by atoms with Crippen LogP contribution in [-0.4, -0.2) is 35.0 Å². The van der Waals surface area contributed by atoms with E-state index in [2.05, 4.69) is 16.0 Å². The highest BCUT2D eigenvalue weighted by Gasteiger charge is 2.21. The van der Waals surface area contributed by atoms with E-state index < -0.39 is 22.0 Å². The lowest BCUT2D eigenvalue weighted by atomic mass is 10.1. The summed E-state index contributed by atoms with van der Waals surface area (Å²) in [7, 11) is 1.50. The number of carbonyl (C=O) groups excluding carboxylic acids is 3. The SMILES string of the molecule is CCC(Sc1cccc(NC(=O)/C(=C\c2ccc([N+](=O)[O-])cc2)NC(=O)c2ccccc2)c1)C(=O)Nc1cc(Cl)ccc1OC. The van der Waals surface area contributed by atoms with Crippen LogP contribution in [0.5, 0.6) is 5.75 Å². The minimum absolute atomic E-state index is 0.0722. The molecule has 0 saturated carbocycles. The summed E-state index contributed by atoms with van der Waals surface area (Å²) in [5, 5.41) is 19.4. The first-order valence-electron chi connectivity index (χ1n) is 13.7. The molecule has 0 saturated heterocycles. The molecule has 0 aliphatic heterocycles. The van der Waals surface area contributed by atoms with E-state index >= 15 is 0 Å². The van der Waals surface area contributed by atoms with Crippen LogP contribution in [0.3, 0.4) is 0 Å². The number of nitrogens with one attached hydrogen (secondary N) is 3. The predicted octanol–water partition coefficient (Wildman–Crippen LogP) is 7.18. The number of halogens is 1. The molecule has 3 amide bonds. The van der Waals surface area contributed by atoms with Crippen LogP contribution in [0, 0.1) is 10.1 Å². The summed E-state index contributed by atoms with van der Waals surface area (Å²) < 4.78 is 5.33. The topological polar surface area (TPSA) is 140 Å². The van der Waals surface area contributed by atoms with Crippen molar-refractivity contribution in [3.63, 3.8) is 0 Å². The summed E-state index contributed by atoms with van der Waals surface area (Å²) in [5.41, 5.74) is 1.53. The monoisotopic (exact) mass is 644 g/mol. The number of rotatable bonds is 12. The van der Waals surface area contributed by atoms with E-state index in [-0.39, 0.29) is 17.3 Å². The maximum absolute atomic E-state index is 13.5. The Balaban J connectivity index is 1.52. The van der Waals surface area contributed by atoms with E-state index in [1.807, 2.05) is 13.0 Å². The number of non-ortho nitro benzene ring substituents is 1. The van der Waals surface area contributed by atoms with Crippen molar-refractivity contribution in [1.82, 2.24) is 5.32 Å². The number of hydrogen-bond acceptors (Lipinski definition) is 7. The van der Waals surface area contributed by atoms with Crippen LogP contribution in [0.25, 0.3) is 6.08 Å². The van der Waals surface area contributed by atoms with Gasteiger partial charge in [0.05, 0.1) is 23.0 Å². The van der Waals surface area contributed by atoms with Gasteiger partial charge in [0.1, 0.15) is 11.4 Å². The maximum Gasteiger partial charge on any atom is 0.272 e. The summed E-state index contributed by atoms with van der Waals surface area (Å²) in [6.45, 7) is 1.89. The molecular weight excluding hydrogens is 616 g/mol. The summed E-state index contributed by atoms with van der Waals surface area (Å²) in [6, 6.07) is 25.9. The molecule has 0 bridgehead atoms. The summed E-state index contributed by atoms with van der Waals surface area (Å²) >= 11 is 7.43. The minimum Gasteiger partial charge on any atom is -0.495 e. The van der Waals surface area contributed by atoms with Crippen molar-refractivity contribution in [3.8, 4) is 5.75 Å². The van der Waals surface area contributed by atoms with E-state index in [0.717, 1.165) is 4.90 Å². The van der Waals surface area contributed by atoms with Crippen LogP contribution in [0.4, 0.5) is 17.1 Å². The van der Waals surface area contributed by atoms with Gasteiger partial charge in [-0.3, -0.25) is 24.5 Å². The third-order valence-electron chi connectivity index (χ3n) is 6.40. The van der Waals surface area contributed by atoms with Crippen LogP contribution in [0.15, 0.2) is 108 Å². The molecule has 4 rings (SSSR count). The average molecular weight is 645 g/mol. The van der Waals surface area contributed by atoms with E-state index in [0.29, 0.717) is 39.7 Å². The number of hydrogen-bond donors (Lipinski definition) is 3. The summed E-state index contributed by atoms with van der Waals surface area (Å²) in [5.74, 6) is -0.877. The van der Waals surface area contributed by atoms with Crippen molar-refractivity contribution in [1.29, 1.82) is 0 Å². The fourth-order valence-corrected chi connectivity index (χ4v) is 5.31. The number of anilines is 2.